The highest BCUT2D eigenvalue weighted by molar-refractivity contribution is 5.97. The number of rotatable bonds is 9. The zero-order valence-corrected chi connectivity index (χ0v) is 23.8. The van der Waals surface area contributed by atoms with Gasteiger partial charge >= 0.3 is 12.1 Å². The van der Waals surface area contributed by atoms with Gasteiger partial charge in [-0.3, -0.25) is 9.59 Å². The molecule has 1 amide bonds. The predicted octanol–water partition coefficient (Wildman–Crippen LogP) is 5.16. The molecule has 3 N–H and O–H groups in total. The standard InChI is InChI=1S/C30H30F5N3O5/c1-5-24(30(33,34)35)36-17-10-21(31)26(22(32)11-17)27(39)37-23(29(41)42)9-16-6-7-18(20-13-43-12-19(16)20)25-14(2)8-15(3)38(4)28(25)40/h6-8,10-11,23-24,36H,5,9,12-13H2,1-4H3,(H,37,39)(H,41,42). The molecule has 3 aromatic rings. The third kappa shape index (κ3) is 6.41. The number of pyridine rings is 1. The van der Waals surface area contributed by atoms with Gasteiger partial charge in [0, 0.05) is 24.8 Å². The van der Waals surface area contributed by atoms with Gasteiger partial charge in [-0.2, -0.15) is 13.2 Å². The highest BCUT2D eigenvalue weighted by Crippen LogP contribution is 2.34. The molecule has 0 saturated heterocycles. The molecule has 2 atom stereocenters. The molecule has 2 aromatic carbocycles. The summed E-state index contributed by atoms with van der Waals surface area (Å²) in [5, 5.41) is 13.9. The van der Waals surface area contributed by atoms with Gasteiger partial charge in [-0.05, 0) is 66.3 Å². The van der Waals surface area contributed by atoms with Crippen LogP contribution in [-0.2, 0) is 36.2 Å². The fourth-order valence-corrected chi connectivity index (χ4v) is 5.21. The van der Waals surface area contributed by atoms with Crippen LogP contribution in [0.3, 0.4) is 0 Å². The molecule has 2 heterocycles. The van der Waals surface area contributed by atoms with Crippen molar-refractivity contribution >= 4 is 17.6 Å². The van der Waals surface area contributed by atoms with Crippen LogP contribution in [0.2, 0.25) is 0 Å². The number of aliphatic carboxylic acids is 1. The maximum Gasteiger partial charge on any atom is 0.408 e. The molecule has 4 rings (SSSR count). The van der Waals surface area contributed by atoms with Gasteiger partial charge in [0.1, 0.15) is 29.3 Å². The fraction of sp³-hybridized carbons (Fsp3) is 0.367. The van der Waals surface area contributed by atoms with E-state index in [1.54, 1.807) is 19.2 Å². The first-order valence-electron chi connectivity index (χ1n) is 13.4. The summed E-state index contributed by atoms with van der Waals surface area (Å²) in [5.74, 6) is -5.80. The Morgan fingerprint density at radius 1 is 1.07 bits per heavy atom. The second kappa shape index (κ2) is 12.2. The molecule has 230 valence electrons. The zero-order chi connectivity index (χ0) is 31.8. The number of ether oxygens (including phenoxy) is 1. The first-order chi connectivity index (χ1) is 20.1. The van der Waals surface area contributed by atoms with E-state index in [0.717, 1.165) is 11.3 Å². The summed E-state index contributed by atoms with van der Waals surface area (Å²) in [5.41, 5.74) is 2.62. The second-order valence-electron chi connectivity index (χ2n) is 10.5. The number of hydrogen-bond acceptors (Lipinski definition) is 5. The van der Waals surface area contributed by atoms with Gasteiger partial charge in [-0.25, -0.2) is 13.6 Å². The Kier molecular flexibility index (Phi) is 8.95. The van der Waals surface area contributed by atoms with Crippen molar-refractivity contribution in [2.45, 2.75) is 65.1 Å². The molecule has 2 unspecified atom stereocenters. The van der Waals surface area contributed by atoms with E-state index in [9.17, 15) is 41.4 Å². The lowest BCUT2D eigenvalue weighted by molar-refractivity contribution is -0.143. The Labute approximate surface area is 243 Å². The third-order valence-electron chi connectivity index (χ3n) is 7.60. The van der Waals surface area contributed by atoms with Gasteiger partial charge in [-0.15, -0.1) is 0 Å². The summed E-state index contributed by atoms with van der Waals surface area (Å²) in [4.78, 5) is 38.0. The zero-order valence-electron chi connectivity index (χ0n) is 23.8. The van der Waals surface area contributed by atoms with Crippen LogP contribution in [0, 0.1) is 25.5 Å². The van der Waals surface area contributed by atoms with E-state index in [1.807, 2.05) is 25.2 Å². The first kappa shape index (κ1) is 31.7. The Morgan fingerprint density at radius 2 is 1.70 bits per heavy atom. The summed E-state index contributed by atoms with van der Waals surface area (Å²) < 4.78 is 75.9. The summed E-state index contributed by atoms with van der Waals surface area (Å²) in [6, 6.07) is 2.57. The Bertz CT molecular complexity index is 1630. The minimum absolute atomic E-state index is 0.123. The van der Waals surface area contributed by atoms with Crippen molar-refractivity contribution in [3.05, 3.63) is 85.8 Å². The lowest BCUT2D eigenvalue weighted by Gasteiger charge is -2.22. The molecule has 1 aromatic heterocycles. The van der Waals surface area contributed by atoms with Crippen LogP contribution in [0.1, 0.15) is 51.7 Å². The van der Waals surface area contributed by atoms with Crippen molar-refractivity contribution in [1.82, 2.24) is 9.88 Å². The van der Waals surface area contributed by atoms with Gasteiger partial charge in [0.2, 0.25) is 0 Å². The normalized spacial score (nSPS) is 14.3. The van der Waals surface area contributed by atoms with Crippen LogP contribution in [0.4, 0.5) is 27.6 Å². The number of nitrogens with one attached hydrogen (secondary N) is 2. The molecular formula is C30H30F5N3O5. The maximum absolute atomic E-state index is 14.8. The first-order valence-corrected chi connectivity index (χ1v) is 13.4. The number of amides is 1. The Morgan fingerprint density at radius 3 is 2.28 bits per heavy atom. The van der Waals surface area contributed by atoms with E-state index < -0.39 is 59.4 Å². The monoisotopic (exact) mass is 607 g/mol. The number of anilines is 1. The van der Waals surface area contributed by atoms with Crippen LogP contribution in [-0.4, -0.2) is 39.8 Å². The number of carbonyl (C=O) groups is 2. The van der Waals surface area contributed by atoms with Crippen LogP contribution >= 0.6 is 0 Å². The predicted molar refractivity (Wildman–Crippen MR) is 148 cm³/mol. The topological polar surface area (TPSA) is 110 Å². The van der Waals surface area contributed by atoms with Crippen LogP contribution < -0.4 is 16.2 Å². The second-order valence-corrected chi connectivity index (χ2v) is 10.5. The summed E-state index contributed by atoms with van der Waals surface area (Å²) >= 11 is 0. The average Bonchev–Trinajstić information content (AvgIpc) is 3.40. The quantitative estimate of drug-likeness (QED) is 0.290. The average molecular weight is 608 g/mol. The number of hydrogen-bond donors (Lipinski definition) is 3. The van der Waals surface area contributed by atoms with E-state index in [1.165, 1.54) is 11.5 Å². The molecule has 0 bridgehead atoms. The number of aromatic nitrogens is 1. The number of benzene rings is 2. The molecule has 1 aliphatic heterocycles. The van der Waals surface area contributed by atoms with Gasteiger partial charge in [0.15, 0.2) is 0 Å². The van der Waals surface area contributed by atoms with Crippen molar-refractivity contribution in [2.24, 2.45) is 7.05 Å². The largest absolute Gasteiger partial charge is 0.480 e. The molecule has 13 heteroatoms. The summed E-state index contributed by atoms with van der Waals surface area (Å²) in [7, 11) is 1.66. The Balaban J connectivity index is 1.61. The number of alkyl halides is 3. The van der Waals surface area contributed by atoms with Crippen LogP contribution in [0.25, 0.3) is 11.1 Å². The summed E-state index contributed by atoms with van der Waals surface area (Å²) in [6.07, 6.45) is -5.36. The van der Waals surface area contributed by atoms with Gasteiger partial charge < -0.3 is 25.0 Å². The van der Waals surface area contributed by atoms with Crippen molar-refractivity contribution in [3.63, 3.8) is 0 Å². The van der Waals surface area contributed by atoms with Crippen LogP contribution in [0.15, 0.2) is 35.1 Å². The highest BCUT2D eigenvalue weighted by atomic mass is 19.4. The molecule has 0 spiro atoms. The van der Waals surface area contributed by atoms with Crippen molar-refractivity contribution in [3.8, 4) is 11.1 Å². The molecule has 43 heavy (non-hydrogen) atoms. The SMILES string of the molecule is CCC(Nc1cc(F)c(C(=O)NC(Cc2ccc(-c3c(C)cc(C)n(C)c3=O)c3c2COC3)C(=O)O)c(F)c1)C(F)(F)F. The minimum atomic E-state index is -4.68. The van der Waals surface area contributed by atoms with E-state index in [4.69, 9.17) is 4.74 Å². The van der Waals surface area contributed by atoms with Gasteiger partial charge in [0.25, 0.3) is 11.5 Å². The summed E-state index contributed by atoms with van der Waals surface area (Å²) in [6.45, 7) is 5.16. The number of halogens is 5. The number of aryl methyl sites for hydroxylation is 2. The molecule has 0 fully saturated rings. The van der Waals surface area contributed by atoms with E-state index in [-0.39, 0.29) is 25.2 Å². The number of carbonyl (C=O) groups excluding carboxylic acids is 1. The molecule has 0 saturated carbocycles. The molecule has 0 aliphatic carbocycles. The molecule has 0 radical (unpaired) electrons. The smallest absolute Gasteiger partial charge is 0.408 e. The fourth-order valence-electron chi connectivity index (χ4n) is 5.21. The van der Waals surface area contributed by atoms with E-state index in [2.05, 4.69) is 5.32 Å². The Hall–Kier alpha value is -4.26. The number of carboxylic acids is 1. The molecule has 1 aliphatic rings. The van der Waals surface area contributed by atoms with Gasteiger partial charge in [0.05, 0.1) is 18.8 Å². The van der Waals surface area contributed by atoms with Crippen molar-refractivity contribution in [2.75, 3.05) is 5.32 Å². The maximum atomic E-state index is 14.8. The number of fused-ring (bicyclic) bond motifs is 1. The van der Waals surface area contributed by atoms with Gasteiger partial charge in [-0.1, -0.05) is 19.1 Å². The lowest BCUT2D eigenvalue weighted by Crippen LogP contribution is -2.43. The number of carboxylic acid groups (broad SMARTS) is 1. The van der Waals surface area contributed by atoms with E-state index in [0.29, 0.717) is 39.9 Å². The lowest BCUT2D eigenvalue weighted by atomic mass is 9.90. The number of nitrogens with zero attached hydrogens (tertiary/aromatic N) is 1. The van der Waals surface area contributed by atoms with E-state index >= 15 is 0 Å². The highest BCUT2D eigenvalue weighted by Gasteiger charge is 2.38. The molecular weight excluding hydrogens is 577 g/mol. The van der Waals surface area contributed by atoms with Crippen molar-refractivity contribution in [1.29, 1.82) is 0 Å². The van der Waals surface area contributed by atoms with Crippen LogP contribution in [0.5, 0.6) is 0 Å². The van der Waals surface area contributed by atoms with Crippen molar-refractivity contribution < 1.29 is 41.4 Å². The third-order valence-corrected chi connectivity index (χ3v) is 7.60. The minimum Gasteiger partial charge on any atom is -0.480 e. The molecule has 8 nitrogen and oxygen atoms in total.